The minimum absolute atomic E-state index is 0.420. The van der Waals surface area contributed by atoms with Gasteiger partial charge in [-0.15, -0.1) is 0 Å². The molecule has 0 aliphatic heterocycles. The van der Waals surface area contributed by atoms with Gasteiger partial charge in [-0.2, -0.15) is 0 Å². The van der Waals surface area contributed by atoms with E-state index in [2.05, 4.69) is 6.58 Å². The molecule has 0 saturated heterocycles. The van der Waals surface area contributed by atoms with Crippen LogP contribution in [0.15, 0.2) is 29.7 Å². The summed E-state index contributed by atoms with van der Waals surface area (Å²) in [5.74, 6) is 0. The Balaban J connectivity index is 3.27. The van der Waals surface area contributed by atoms with Gasteiger partial charge in [-0.25, -0.2) is 4.21 Å². The molecule has 0 spiro atoms. The van der Waals surface area contributed by atoms with Gasteiger partial charge in [0.2, 0.25) is 0 Å². The van der Waals surface area contributed by atoms with Gasteiger partial charge in [0.15, 0.2) is 11.1 Å². The Bertz CT molecular complexity index is 369. The molecule has 2 nitrogen and oxygen atoms in total. The smallest absolute Gasteiger partial charge is 0.186 e. The number of benzene rings is 1. The summed E-state index contributed by atoms with van der Waals surface area (Å²) in [6, 6.07) is 5.18. The van der Waals surface area contributed by atoms with Crippen LogP contribution in [-0.4, -0.2) is 8.76 Å². The number of aryl methyl sites for hydroxylation is 1. The summed E-state index contributed by atoms with van der Waals surface area (Å²) in [6.07, 6.45) is 0. The average Bonchev–Trinajstić information content (AvgIpc) is 2.04. The van der Waals surface area contributed by atoms with Gasteiger partial charge in [-0.3, -0.25) is 0 Å². The Morgan fingerprint density at radius 3 is 2.62 bits per heavy atom. The summed E-state index contributed by atoms with van der Waals surface area (Å²) in [5.41, 5.74) is 2.92. The fraction of sp³-hybridized carbons (Fsp3) is 0.200. The molecule has 0 fully saturated rings. The quantitative estimate of drug-likeness (QED) is 0.738. The molecule has 0 aliphatic carbocycles. The van der Waals surface area contributed by atoms with Crippen LogP contribution in [0.2, 0.25) is 0 Å². The van der Waals surface area contributed by atoms with Crippen molar-refractivity contribution in [2.24, 2.45) is 0 Å². The Hall–Kier alpha value is -0.930. The topological polar surface area (TPSA) is 37.3 Å². The van der Waals surface area contributed by atoms with Crippen molar-refractivity contribution in [1.82, 2.24) is 0 Å². The lowest BCUT2D eigenvalue weighted by Crippen LogP contribution is -1.92. The van der Waals surface area contributed by atoms with Crippen molar-refractivity contribution in [3.63, 3.8) is 0 Å². The van der Waals surface area contributed by atoms with Crippen LogP contribution in [0.3, 0.4) is 0 Å². The van der Waals surface area contributed by atoms with Crippen molar-refractivity contribution in [2.75, 3.05) is 0 Å². The predicted octanol–water partition coefficient (Wildman–Crippen LogP) is 2.61. The van der Waals surface area contributed by atoms with E-state index in [4.69, 9.17) is 4.55 Å². The first-order valence-electron chi connectivity index (χ1n) is 3.89. The molecule has 1 atom stereocenters. The second-order valence-electron chi connectivity index (χ2n) is 3.01. The molecule has 1 rings (SSSR count). The summed E-state index contributed by atoms with van der Waals surface area (Å²) in [7, 11) is 0. The van der Waals surface area contributed by atoms with Crippen LogP contribution in [0.25, 0.3) is 5.57 Å². The zero-order valence-corrected chi connectivity index (χ0v) is 8.52. The molecule has 1 unspecified atom stereocenters. The van der Waals surface area contributed by atoms with E-state index in [0.717, 1.165) is 16.7 Å². The SMILES string of the molecule is C=C(C)c1cc(S(=O)O)ccc1C. The second kappa shape index (κ2) is 3.85. The molecule has 70 valence electrons. The lowest BCUT2D eigenvalue weighted by atomic mass is 10.0. The van der Waals surface area contributed by atoms with Gasteiger partial charge in [-0.1, -0.05) is 18.2 Å². The van der Waals surface area contributed by atoms with E-state index in [1.54, 1.807) is 12.1 Å². The van der Waals surface area contributed by atoms with Crippen LogP contribution in [0.1, 0.15) is 18.1 Å². The Labute approximate surface area is 80.6 Å². The number of hydrogen-bond donors (Lipinski definition) is 1. The van der Waals surface area contributed by atoms with Crippen molar-refractivity contribution in [3.8, 4) is 0 Å². The first-order chi connectivity index (χ1) is 6.02. The first-order valence-corrected chi connectivity index (χ1v) is 5.00. The standard InChI is InChI=1S/C10H12O2S/c1-7(2)10-6-9(13(11)12)5-4-8(10)3/h4-6H,1H2,2-3H3,(H,11,12). The molecule has 1 aromatic rings. The summed E-state index contributed by atoms with van der Waals surface area (Å²) in [5, 5.41) is 0. The third-order valence-corrected chi connectivity index (χ3v) is 2.53. The molecule has 0 bridgehead atoms. The normalized spacial score (nSPS) is 12.5. The summed E-state index contributed by atoms with van der Waals surface area (Å²) < 4.78 is 19.6. The number of allylic oxidation sites excluding steroid dienone is 1. The maximum Gasteiger partial charge on any atom is 0.186 e. The van der Waals surface area contributed by atoms with E-state index in [0.29, 0.717) is 4.90 Å². The third-order valence-electron chi connectivity index (χ3n) is 1.87. The molecular formula is C10H12O2S. The molecule has 0 radical (unpaired) electrons. The van der Waals surface area contributed by atoms with Crippen LogP contribution < -0.4 is 0 Å². The zero-order valence-electron chi connectivity index (χ0n) is 7.70. The minimum Gasteiger partial charge on any atom is -0.302 e. The van der Waals surface area contributed by atoms with Crippen LogP contribution in [0.4, 0.5) is 0 Å². The molecule has 0 heterocycles. The number of rotatable bonds is 2. The highest BCUT2D eigenvalue weighted by molar-refractivity contribution is 7.79. The van der Waals surface area contributed by atoms with Gasteiger partial charge < -0.3 is 4.55 Å². The molecule has 0 aromatic heterocycles. The monoisotopic (exact) mass is 196 g/mol. The zero-order chi connectivity index (χ0) is 10.0. The molecular weight excluding hydrogens is 184 g/mol. The van der Waals surface area contributed by atoms with Crippen LogP contribution in [0, 0.1) is 6.92 Å². The van der Waals surface area contributed by atoms with E-state index in [9.17, 15) is 4.21 Å². The van der Waals surface area contributed by atoms with Crippen LogP contribution in [0.5, 0.6) is 0 Å². The molecule has 0 amide bonds. The van der Waals surface area contributed by atoms with E-state index in [1.807, 2.05) is 19.9 Å². The van der Waals surface area contributed by atoms with Crippen molar-refractivity contribution < 1.29 is 8.76 Å². The van der Waals surface area contributed by atoms with Gasteiger partial charge in [0.25, 0.3) is 0 Å². The lowest BCUT2D eigenvalue weighted by Gasteiger charge is -2.05. The molecule has 0 aliphatic rings. The molecule has 0 saturated carbocycles. The van der Waals surface area contributed by atoms with E-state index in [-0.39, 0.29) is 0 Å². The Morgan fingerprint density at radius 2 is 2.15 bits per heavy atom. The van der Waals surface area contributed by atoms with Gasteiger partial charge in [-0.05, 0) is 37.1 Å². The van der Waals surface area contributed by atoms with E-state index < -0.39 is 11.1 Å². The predicted molar refractivity (Wildman–Crippen MR) is 54.9 cm³/mol. The van der Waals surface area contributed by atoms with Crippen molar-refractivity contribution in [3.05, 3.63) is 35.9 Å². The van der Waals surface area contributed by atoms with E-state index in [1.165, 1.54) is 0 Å². The largest absolute Gasteiger partial charge is 0.302 e. The molecule has 1 aromatic carbocycles. The molecule has 13 heavy (non-hydrogen) atoms. The summed E-state index contributed by atoms with van der Waals surface area (Å²) >= 11 is -1.91. The van der Waals surface area contributed by atoms with Gasteiger partial charge in [0.1, 0.15) is 0 Å². The average molecular weight is 196 g/mol. The second-order valence-corrected chi connectivity index (χ2v) is 3.98. The maximum atomic E-state index is 10.8. The van der Waals surface area contributed by atoms with Gasteiger partial charge >= 0.3 is 0 Å². The molecule has 1 N–H and O–H groups in total. The highest BCUT2D eigenvalue weighted by Crippen LogP contribution is 2.19. The lowest BCUT2D eigenvalue weighted by molar-refractivity contribution is 0.564. The van der Waals surface area contributed by atoms with Crippen molar-refractivity contribution in [2.45, 2.75) is 18.7 Å². The summed E-state index contributed by atoms with van der Waals surface area (Å²) in [6.45, 7) is 7.64. The summed E-state index contributed by atoms with van der Waals surface area (Å²) in [4.78, 5) is 0.420. The van der Waals surface area contributed by atoms with Crippen molar-refractivity contribution >= 4 is 16.7 Å². The van der Waals surface area contributed by atoms with Crippen molar-refractivity contribution in [1.29, 1.82) is 0 Å². The highest BCUT2D eigenvalue weighted by Gasteiger charge is 2.04. The maximum absolute atomic E-state index is 10.8. The highest BCUT2D eigenvalue weighted by atomic mass is 32.2. The Kier molecular flexibility index (Phi) is 3.01. The van der Waals surface area contributed by atoms with Crippen LogP contribution >= 0.6 is 0 Å². The first kappa shape index (κ1) is 10.2. The van der Waals surface area contributed by atoms with Gasteiger partial charge in [0.05, 0.1) is 4.90 Å². The molecule has 3 heteroatoms. The van der Waals surface area contributed by atoms with E-state index >= 15 is 0 Å². The van der Waals surface area contributed by atoms with Gasteiger partial charge in [0, 0.05) is 0 Å². The fourth-order valence-electron chi connectivity index (χ4n) is 1.17. The van der Waals surface area contributed by atoms with Crippen LogP contribution in [-0.2, 0) is 11.1 Å². The number of hydrogen-bond acceptors (Lipinski definition) is 1. The third kappa shape index (κ3) is 2.26. The minimum atomic E-state index is -1.91. The fourth-order valence-corrected chi connectivity index (χ4v) is 1.57. The Morgan fingerprint density at radius 1 is 1.54 bits per heavy atom.